The summed E-state index contributed by atoms with van der Waals surface area (Å²) in [6.45, 7) is 5.64. The second-order valence-corrected chi connectivity index (χ2v) is 9.29. The van der Waals surface area contributed by atoms with Crippen molar-refractivity contribution in [2.45, 2.75) is 57.7 Å². The van der Waals surface area contributed by atoms with Crippen molar-refractivity contribution in [2.75, 3.05) is 6.54 Å². The van der Waals surface area contributed by atoms with E-state index in [2.05, 4.69) is 11.4 Å². The standard InChI is InChI=1S/C26H29N3O5/c1-26(2,3)34-25(33)29-14-6-9-22(29)23(30)28-21(24(31)32)15-17-10-12-18(13-11-17)20-8-5-4-7-19(20)16-27/h4-5,7-8,10-13,21-22H,6,9,14-15H2,1-3H3,(H,28,30)(H,31,32)/t21-,22-/m0/s1. The summed E-state index contributed by atoms with van der Waals surface area (Å²) in [4.78, 5) is 38.6. The van der Waals surface area contributed by atoms with Gasteiger partial charge in [-0.2, -0.15) is 5.26 Å². The number of benzene rings is 2. The van der Waals surface area contributed by atoms with E-state index in [1.54, 1.807) is 45.0 Å². The Morgan fingerprint density at radius 3 is 2.47 bits per heavy atom. The van der Waals surface area contributed by atoms with E-state index in [1.165, 1.54) is 4.90 Å². The first-order valence-electron chi connectivity index (χ1n) is 11.2. The fourth-order valence-electron chi connectivity index (χ4n) is 3.93. The van der Waals surface area contributed by atoms with Crippen molar-refractivity contribution in [1.29, 1.82) is 5.26 Å². The van der Waals surface area contributed by atoms with Crippen molar-refractivity contribution in [1.82, 2.24) is 10.2 Å². The number of carbonyl (C=O) groups is 3. The molecule has 1 fully saturated rings. The van der Waals surface area contributed by atoms with Gasteiger partial charge in [0.15, 0.2) is 0 Å². The molecule has 1 saturated heterocycles. The van der Waals surface area contributed by atoms with Crippen LogP contribution in [0.25, 0.3) is 11.1 Å². The van der Waals surface area contributed by atoms with Gasteiger partial charge in [0.25, 0.3) is 0 Å². The van der Waals surface area contributed by atoms with Crippen LogP contribution in [-0.4, -0.2) is 52.2 Å². The quantitative estimate of drug-likeness (QED) is 0.674. The number of hydrogen-bond acceptors (Lipinski definition) is 5. The molecule has 8 heteroatoms. The molecule has 2 N–H and O–H groups in total. The first kappa shape index (κ1) is 24.8. The van der Waals surface area contributed by atoms with Crippen LogP contribution in [0.2, 0.25) is 0 Å². The number of likely N-dealkylation sites (tertiary alicyclic amines) is 1. The number of hydrogen-bond donors (Lipinski definition) is 2. The van der Waals surface area contributed by atoms with Crippen molar-refractivity contribution in [3.8, 4) is 17.2 Å². The van der Waals surface area contributed by atoms with Crippen molar-refractivity contribution in [2.24, 2.45) is 0 Å². The highest BCUT2D eigenvalue weighted by molar-refractivity contribution is 5.89. The van der Waals surface area contributed by atoms with Crippen molar-refractivity contribution < 1.29 is 24.2 Å². The van der Waals surface area contributed by atoms with E-state index < -0.39 is 35.7 Å². The van der Waals surface area contributed by atoms with Crippen molar-refractivity contribution in [3.05, 3.63) is 59.7 Å². The number of nitriles is 1. The predicted molar refractivity (Wildman–Crippen MR) is 126 cm³/mol. The van der Waals surface area contributed by atoms with Crippen molar-refractivity contribution >= 4 is 18.0 Å². The van der Waals surface area contributed by atoms with Gasteiger partial charge >= 0.3 is 12.1 Å². The normalized spacial score (nSPS) is 16.4. The fourth-order valence-corrected chi connectivity index (χ4v) is 3.93. The van der Waals surface area contributed by atoms with Crippen LogP contribution in [0.5, 0.6) is 0 Å². The summed E-state index contributed by atoms with van der Waals surface area (Å²) in [5.41, 5.74) is 2.22. The molecule has 0 spiro atoms. The Morgan fingerprint density at radius 2 is 1.85 bits per heavy atom. The average Bonchev–Trinajstić information content (AvgIpc) is 3.28. The highest BCUT2D eigenvalue weighted by Crippen LogP contribution is 2.24. The summed E-state index contributed by atoms with van der Waals surface area (Å²) >= 11 is 0. The smallest absolute Gasteiger partial charge is 0.410 e. The van der Waals surface area contributed by atoms with Gasteiger partial charge in [-0.15, -0.1) is 0 Å². The summed E-state index contributed by atoms with van der Waals surface area (Å²) in [5.74, 6) is -1.66. The number of rotatable bonds is 6. The van der Waals surface area contributed by atoms with Crippen LogP contribution in [0.1, 0.15) is 44.7 Å². The second kappa shape index (κ2) is 10.4. The molecule has 1 heterocycles. The lowest BCUT2D eigenvalue weighted by Crippen LogP contribution is -2.52. The third-order valence-corrected chi connectivity index (χ3v) is 5.55. The predicted octanol–water partition coefficient (Wildman–Crippen LogP) is 3.74. The average molecular weight is 464 g/mol. The van der Waals surface area contributed by atoms with Crippen LogP contribution in [0.4, 0.5) is 4.79 Å². The molecule has 0 aliphatic carbocycles. The van der Waals surface area contributed by atoms with Gasteiger partial charge in [-0.25, -0.2) is 9.59 Å². The first-order valence-corrected chi connectivity index (χ1v) is 11.2. The number of nitrogens with zero attached hydrogens (tertiary/aromatic N) is 2. The second-order valence-electron chi connectivity index (χ2n) is 9.29. The molecule has 0 saturated carbocycles. The minimum atomic E-state index is -1.16. The van der Waals surface area contributed by atoms with E-state index in [4.69, 9.17) is 4.74 Å². The molecule has 0 radical (unpaired) electrons. The lowest BCUT2D eigenvalue weighted by Gasteiger charge is -2.28. The lowest BCUT2D eigenvalue weighted by molar-refractivity contribution is -0.142. The first-order chi connectivity index (χ1) is 16.1. The summed E-state index contributed by atoms with van der Waals surface area (Å²) in [6, 6.07) is 14.7. The van der Waals surface area contributed by atoms with E-state index in [0.717, 1.165) is 16.7 Å². The minimum absolute atomic E-state index is 0.0837. The minimum Gasteiger partial charge on any atom is -0.480 e. The van der Waals surface area contributed by atoms with Crippen LogP contribution >= 0.6 is 0 Å². The van der Waals surface area contributed by atoms with E-state index in [0.29, 0.717) is 24.9 Å². The number of nitrogens with one attached hydrogen (secondary N) is 1. The van der Waals surface area contributed by atoms with E-state index in [1.807, 2.05) is 24.3 Å². The number of aliphatic carboxylic acids is 1. The molecule has 34 heavy (non-hydrogen) atoms. The Bertz CT molecular complexity index is 1100. The maximum Gasteiger partial charge on any atom is 0.410 e. The van der Waals surface area contributed by atoms with Gasteiger partial charge in [0, 0.05) is 13.0 Å². The van der Waals surface area contributed by atoms with Crippen LogP contribution in [-0.2, 0) is 20.7 Å². The number of carboxylic acid groups (broad SMARTS) is 1. The zero-order valence-electron chi connectivity index (χ0n) is 19.6. The van der Waals surface area contributed by atoms with Gasteiger partial charge in [0.05, 0.1) is 11.6 Å². The molecule has 0 bridgehead atoms. The largest absolute Gasteiger partial charge is 0.480 e. The van der Waals surface area contributed by atoms with E-state index >= 15 is 0 Å². The fraction of sp³-hybridized carbons (Fsp3) is 0.385. The Kier molecular flexibility index (Phi) is 7.57. The molecule has 2 amide bonds. The maximum atomic E-state index is 12.9. The highest BCUT2D eigenvalue weighted by Gasteiger charge is 2.38. The van der Waals surface area contributed by atoms with Crippen LogP contribution < -0.4 is 5.32 Å². The molecule has 2 atom stereocenters. The molecule has 178 valence electrons. The third-order valence-electron chi connectivity index (χ3n) is 5.55. The molecule has 3 rings (SSSR count). The molecule has 0 aromatic heterocycles. The van der Waals surface area contributed by atoms with E-state index in [9.17, 15) is 24.8 Å². The summed E-state index contributed by atoms with van der Waals surface area (Å²) in [5, 5.41) is 21.6. The Morgan fingerprint density at radius 1 is 1.18 bits per heavy atom. The van der Waals surface area contributed by atoms with Gasteiger partial charge in [-0.05, 0) is 56.4 Å². The van der Waals surface area contributed by atoms with Gasteiger partial charge in [0.2, 0.25) is 5.91 Å². The number of ether oxygens (including phenoxy) is 1. The zero-order valence-corrected chi connectivity index (χ0v) is 19.6. The molecule has 0 unspecified atom stereocenters. The molecule has 1 aliphatic heterocycles. The maximum absolute atomic E-state index is 12.9. The van der Waals surface area contributed by atoms with Gasteiger partial charge in [-0.3, -0.25) is 9.69 Å². The highest BCUT2D eigenvalue weighted by atomic mass is 16.6. The summed E-state index contributed by atoms with van der Waals surface area (Å²) in [6.07, 6.45) is 0.594. The number of carbonyl (C=O) groups excluding carboxylic acids is 2. The Hall–Kier alpha value is -3.86. The molecular weight excluding hydrogens is 434 g/mol. The molecule has 1 aliphatic rings. The topological polar surface area (TPSA) is 120 Å². The summed E-state index contributed by atoms with van der Waals surface area (Å²) < 4.78 is 5.38. The van der Waals surface area contributed by atoms with Crippen molar-refractivity contribution in [3.63, 3.8) is 0 Å². The van der Waals surface area contributed by atoms with Gasteiger partial charge in [0.1, 0.15) is 17.7 Å². The lowest BCUT2D eigenvalue weighted by atomic mass is 9.97. The Labute approximate surface area is 199 Å². The van der Waals surface area contributed by atoms with Gasteiger partial charge < -0.3 is 15.2 Å². The molecule has 2 aromatic carbocycles. The van der Waals surface area contributed by atoms with Crippen LogP contribution in [0, 0.1) is 11.3 Å². The molecule has 2 aromatic rings. The SMILES string of the molecule is CC(C)(C)OC(=O)N1CCC[C@H]1C(=O)N[C@@H](Cc1ccc(-c2ccccc2C#N)cc1)C(=O)O. The van der Waals surface area contributed by atoms with Crippen LogP contribution in [0.3, 0.4) is 0 Å². The molecular formula is C26H29N3O5. The number of carboxylic acids is 1. The third kappa shape index (κ3) is 6.13. The number of amides is 2. The summed E-state index contributed by atoms with van der Waals surface area (Å²) in [7, 11) is 0. The van der Waals surface area contributed by atoms with E-state index in [-0.39, 0.29) is 6.42 Å². The van der Waals surface area contributed by atoms with Crippen LogP contribution in [0.15, 0.2) is 48.5 Å². The molecule has 8 nitrogen and oxygen atoms in total. The zero-order chi connectivity index (χ0) is 24.9. The van der Waals surface area contributed by atoms with Gasteiger partial charge in [-0.1, -0.05) is 42.5 Å². The Balaban J connectivity index is 1.69. The monoisotopic (exact) mass is 463 g/mol.